The second-order valence-corrected chi connectivity index (χ2v) is 11.1. The summed E-state index contributed by atoms with van der Waals surface area (Å²) in [6.45, 7) is 8.85. The number of carboxylic acid groups (broad SMARTS) is 1. The van der Waals surface area contributed by atoms with Gasteiger partial charge in [0.05, 0.1) is 8.07 Å². The number of hydrogen-bond acceptors (Lipinski definition) is 2. The van der Waals surface area contributed by atoms with Crippen LogP contribution in [0, 0.1) is 0 Å². The van der Waals surface area contributed by atoms with Crippen molar-refractivity contribution in [1.29, 1.82) is 0 Å². The van der Waals surface area contributed by atoms with Crippen molar-refractivity contribution in [1.82, 2.24) is 0 Å². The summed E-state index contributed by atoms with van der Waals surface area (Å²) in [5.41, 5.74) is 1.14. The summed E-state index contributed by atoms with van der Waals surface area (Å²) in [5.74, 6) is 0.429. The average Bonchev–Trinajstić information content (AvgIpc) is 2.27. The molecule has 0 amide bonds. The Labute approximate surface area is 109 Å². The van der Waals surface area contributed by atoms with Crippen LogP contribution >= 0.6 is 0 Å². The van der Waals surface area contributed by atoms with Gasteiger partial charge in [0.1, 0.15) is 5.76 Å². The normalized spacial score (nSPS) is 14.1. The third-order valence-electron chi connectivity index (χ3n) is 3.02. The molecular weight excluding hydrogens is 244 g/mol. The van der Waals surface area contributed by atoms with Crippen LogP contribution in [0.3, 0.4) is 0 Å². The lowest BCUT2D eigenvalue weighted by Gasteiger charge is -2.22. The number of rotatable bonds is 4. The molecule has 0 aliphatic heterocycles. The van der Waals surface area contributed by atoms with Gasteiger partial charge in [0.2, 0.25) is 0 Å². The number of benzene rings is 1. The lowest BCUT2D eigenvalue weighted by Crippen LogP contribution is -2.25. The molecule has 3 nitrogen and oxygen atoms in total. The van der Waals surface area contributed by atoms with E-state index in [1.165, 1.54) is 0 Å². The molecule has 1 unspecified atom stereocenters. The first-order valence-corrected chi connectivity index (χ1v) is 9.56. The van der Waals surface area contributed by atoms with Crippen molar-refractivity contribution in [3.8, 4) is 0 Å². The van der Waals surface area contributed by atoms with Crippen LogP contribution in [-0.2, 0) is 4.74 Å². The van der Waals surface area contributed by atoms with Crippen molar-refractivity contribution >= 4 is 20.0 Å². The first-order chi connectivity index (χ1) is 8.30. The molecule has 0 aliphatic rings. The lowest BCUT2D eigenvalue weighted by molar-refractivity contribution is 0.134. The van der Waals surface area contributed by atoms with Gasteiger partial charge in [-0.1, -0.05) is 56.9 Å². The van der Waals surface area contributed by atoms with E-state index < -0.39 is 14.2 Å². The fourth-order valence-corrected chi connectivity index (χ4v) is 2.01. The zero-order chi connectivity index (χ0) is 13.8. The number of carbonyl (C=O) groups is 1. The van der Waals surface area contributed by atoms with Gasteiger partial charge in [0.25, 0.3) is 0 Å². The Morgan fingerprint density at radius 1 is 1.28 bits per heavy atom. The van der Waals surface area contributed by atoms with E-state index in [9.17, 15) is 4.79 Å². The molecule has 1 aromatic carbocycles. The summed E-state index contributed by atoms with van der Waals surface area (Å²) >= 11 is 0. The molecule has 1 atom stereocenters. The summed E-state index contributed by atoms with van der Waals surface area (Å²) in [4.78, 5) is 10.8. The SMILES string of the molecule is CC(/C=C(/OC(=O)O)c1ccccc1)[Si](C)(C)C. The van der Waals surface area contributed by atoms with E-state index in [0.717, 1.165) is 5.56 Å². The van der Waals surface area contributed by atoms with E-state index >= 15 is 0 Å². The smallest absolute Gasteiger partial charge is 0.449 e. The number of hydrogen-bond donors (Lipinski definition) is 1. The highest BCUT2D eigenvalue weighted by Crippen LogP contribution is 2.27. The van der Waals surface area contributed by atoms with Crippen molar-refractivity contribution in [3.05, 3.63) is 42.0 Å². The topological polar surface area (TPSA) is 46.5 Å². The Morgan fingerprint density at radius 3 is 2.28 bits per heavy atom. The molecule has 18 heavy (non-hydrogen) atoms. The predicted molar refractivity (Wildman–Crippen MR) is 76.3 cm³/mol. The van der Waals surface area contributed by atoms with Gasteiger partial charge in [-0.15, -0.1) is 0 Å². The zero-order valence-electron chi connectivity index (χ0n) is 11.3. The van der Waals surface area contributed by atoms with E-state index in [1.54, 1.807) is 0 Å². The van der Waals surface area contributed by atoms with Crippen LogP contribution in [0.15, 0.2) is 36.4 Å². The highest BCUT2D eigenvalue weighted by molar-refractivity contribution is 6.78. The predicted octanol–water partition coefficient (Wildman–Crippen LogP) is 4.45. The summed E-state index contributed by atoms with van der Waals surface area (Å²) in [5, 5.41) is 8.81. The third kappa shape index (κ3) is 4.37. The summed E-state index contributed by atoms with van der Waals surface area (Å²) < 4.78 is 4.90. The Kier molecular flexibility index (Phi) is 4.73. The highest BCUT2D eigenvalue weighted by Gasteiger charge is 2.22. The molecule has 0 saturated heterocycles. The Morgan fingerprint density at radius 2 is 1.83 bits per heavy atom. The van der Waals surface area contributed by atoms with Crippen molar-refractivity contribution in [2.45, 2.75) is 32.1 Å². The Bertz CT molecular complexity index is 432. The van der Waals surface area contributed by atoms with E-state index in [4.69, 9.17) is 9.84 Å². The maximum absolute atomic E-state index is 10.8. The minimum Gasteiger partial charge on any atom is -0.449 e. The molecular formula is C14H20O3Si. The summed E-state index contributed by atoms with van der Waals surface area (Å²) in [6, 6.07) is 9.34. The standard InChI is InChI=1S/C14H20O3Si/c1-11(18(2,3)4)10-13(17-14(15)16)12-8-6-5-7-9-12/h5-11H,1-4H3,(H,15,16)/b13-10+. The fraction of sp³-hybridized carbons (Fsp3) is 0.357. The van der Waals surface area contributed by atoms with Crippen LogP contribution in [0.25, 0.3) is 5.76 Å². The summed E-state index contributed by atoms with van der Waals surface area (Å²) in [6.07, 6.45) is 0.656. The number of ether oxygens (including phenoxy) is 1. The van der Waals surface area contributed by atoms with Crippen LogP contribution in [-0.4, -0.2) is 19.3 Å². The molecule has 0 bridgehead atoms. The molecule has 98 valence electrons. The van der Waals surface area contributed by atoms with E-state index in [-0.39, 0.29) is 0 Å². The van der Waals surface area contributed by atoms with Gasteiger partial charge in [0.15, 0.2) is 0 Å². The summed E-state index contributed by atoms with van der Waals surface area (Å²) in [7, 11) is -1.36. The van der Waals surface area contributed by atoms with Crippen LogP contribution < -0.4 is 0 Å². The molecule has 0 aromatic heterocycles. The molecule has 0 saturated carbocycles. The quantitative estimate of drug-likeness (QED) is 0.496. The molecule has 0 aliphatic carbocycles. The monoisotopic (exact) mass is 264 g/mol. The van der Waals surface area contributed by atoms with Gasteiger partial charge in [-0.05, 0) is 11.6 Å². The minimum absolute atomic E-state index is 0.340. The average molecular weight is 264 g/mol. The van der Waals surface area contributed by atoms with Crippen LogP contribution in [0.5, 0.6) is 0 Å². The van der Waals surface area contributed by atoms with Gasteiger partial charge in [-0.25, -0.2) is 4.79 Å². The molecule has 0 fully saturated rings. The van der Waals surface area contributed by atoms with Gasteiger partial charge in [0, 0.05) is 5.56 Å². The number of allylic oxidation sites excluding steroid dienone is 1. The van der Waals surface area contributed by atoms with Crippen molar-refractivity contribution in [2.75, 3.05) is 0 Å². The molecule has 0 radical (unpaired) electrons. The highest BCUT2D eigenvalue weighted by atomic mass is 28.3. The van der Waals surface area contributed by atoms with E-state index in [1.807, 2.05) is 36.4 Å². The molecule has 1 rings (SSSR count). The van der Waals surface area contributed by atoms with Gasteiger partial charge < -0.3 is 9.84 Å². The third-order valence-corrected chi connectivity index (χ3v) is 5.92. The molecule has 4 heteroatoms. The minimum atomic E-state index is -1.36. The first-order valence-electron chi connectivity index (χ1n) is 5.98. The van der Waals surface area contributed by atoms with Crippen molar-refractivity contribution < 1.29 is 14.6 Å². The molecule has 0 heterocycles. The van der Waals surface area contributed by atoms with Crippen molar-refractivity contribution in [3.63, 3.8) is 0 Å². The largest absolute Gasteiger partial charge is 0.511 e. The van der Waals surface area contributed by atoms with Gasteiger partial charge >= 0.3 is 6.16 Å². The molecule has 0 spiro atoms. The van der Waals surface area contributed by atoms with Crippen molar-refractivity contribution in [2.24, 2.45) is 0 Å². The Hall–Kier alpha value is -1.55. The molecule has 1 N–H and O–H groups in total. The zero-order valence-corrected chi connectivity index (χ0v) is 12.3. The molecule has 1 aromatic rings. The second-order valence-electron chi connectivity index (χ2n) is 5.42. The van der Waals surface area contributed by atoms with Crippen LogP contribution in [0.4, 0.5) is 4.79 Å². The lowest BCUT2D eigenvalue weighted by atomic mass is 10.1. The second kappa shape index (κ2) is 5.86. The van der Waals surface area contributed by atoms with E-state index in [2.05, 4.69) is 26.6 Å². The van der Waals surface area contributed by atoms with Crippen LogP contribution in [0.2, 0.25) is 25.2 Å². The fourth-order valence-electron chi connectivity index (χ4n) is 1.36. The Balaban J connectivity index is 3.06. The van der Waals surface area contributed by atoms with E-state index in [0.29, 0.717) is 11.3 Å². The maximum atomic E-state index is 10.8. The van der Waals surface area contributed by atoms with Crippen LogP contribution in [0.1, 0.15) is 12.5 Å². The first kappa shape index (κ1) is 14.5. The van der Waals surface area contributed by atoms with Gasteiger partial charge in [-0.3, -0.25) is 0 Å². The maximum Gasteiger partial charge on any atom is 0.511 e. The van der Waals surface area contributed by atoms with Gasteiger partial charge in [-0.2, -0.15) is 0 Å².